The molecule has 0 saturated heterocycles. The molecule has 0 aliphatic carbocycles. The monoisotopic (exact) mass is 418 g/mol. The first kappa shape index (κ1) is 18.9. The third-order valence-corrected chi connectivity index (χ3v) is 5.04. The summed E-state index contributed by atoms with van der Waals surface area (Å²) in [5.41, 5.74) is 3.03. The molecule has 0 aliphatic rings. The molecule has 29 heavy (non-hydrogen) atoms. The SMILES string of the molecule is O=C(Nc1nc(C#Cc2cccc(Cl)c2)cs1)c1cccn1Cc1ccncc1. The van der Waals surface area contributed by atoms with Crippen LogP contribution in [0.4, 0.5) is 5.13 Å². The Balaban J connectivity index is 1.45. The van der Waals surface area contributed by atoms with Crippen LogP contribution in [0, 0.1) is 11.8 Å². The Morgan fingerprint density at radius 3 is 2.83 bits per heavy atom. The third kappa shape index (κ3) is 4.91. The molecule has 1 aromatic carbocycles. The van der Waals surface area contributed by atoms with Crippen LogP contribution >= 0.6 is 22.9 Å². The van der Waals surface area contributed by atoms with Crippen LogP contribution in [0.5, 0.6) is 0 Å². The summed E-state index contributed by atoms with van der Waals surface area (Å²) in [7, 11) is 0. The maximum absolute atomic E-state index is 12.7. The lowest BCUT2D eigenvalue weighted by molar-refractivity contribution is 0.101. The van der Waals surface area contributed by atoms with Gasteiger partial charge >= 0.3 is 0 Å². The quantitative estimate of drug-likeness (QED) is 0.489. The maximum Gasteiger partial charge on any atom is 0.274 e. The van der Waals surface area contributed by atoms with Crippen LogP contribution in [0.2, 0.25) is 5.02 Å². The van der Waals surface area contributed by atoms with Crippen molar-refractivity contribution in [3.63, 3.8) is 0 Å². The molecular weight excluding hydrogens is 404 g/mol. The van der Waals surface area contributed by atoms with Crippen LogP contribution in [0.3, 0.4) is 0 Å². The van der Waals surface area contributed by atoms with Gasteiger partial charge < -0.3 is 4.57 Å². The second-order valence-electron chi connectivity index (χ2n) is 6.13. The van der Waals surface area contributed by atoms with Crippen molar-refractivity contribution in [1.29, 1.82) is 0 Å². The summed E-state index contributed by atoms with van der Waals surface area (Å²) in [5, 5.41) is 5.79. The summed E-state index contributed by atoms with van der Waals surface area (Å²) in [6, 6.07) is 14.8. The molecule has 0 bridgehead atoms. The molecule has 0 aliphatic heterocycles. The fraction of sp³-hybridized carbons (Fsp3) is 0.0455. The van der Waals surface area contributed by atoms with Crippen LogP contribution in [0.1, 0.15) is 27.3 Å². The molecule has 5 nitrogen and oxygen atoms in total. The summed E-state index contributed by atoms with van der Waals surface area (Å²) in [6.45, 7) is 0.590. The fourth-order valence-electron chi connectivity index (χ4n) is 2.70. The first-order valence-electron chi connectivity index (χ1n) is 8.76. The number of hydrogen-bond donors (Lipinski definition) is 1. The van der Waals surface area contributed by atoms with Gasteiger partial charge in [0.25, 0.3) is 5.91 Å². The van der Waals surface area contributed by atoms with Crippen LogP contribution in [0.25, 0.3) is 0 Å². The van der Waals surface area contributed by atoms with Crippen LogP contribution in [-0.2, 0) is 6.54 Å². The van der Waals surface area contributed by atoms with E-state index in [-0.39, 0.29) is 5.91 Å². The van der Waals surface area contributed by atoms with Crippen LogP contribution in [0.15, 0.2) is 72.5 Å². The fourth-order valence-corrected chi connectivity index (χ4v) is 3.52. The molecule has 7 heteroatoms. The van der Waals surface area contributed by atoms with Crippen molar-refractivity contribution in [3.8, 4) is 11.8 Å². The smallest absolute Gasteiger partial charge is 0.274 e. The van der Waals surface area contributed by atoms with Gasteiger partial charge in [-0.3, -0.25) is 15.1 Å². The van der Waals surface area contributed by atoms with Crippen molar-refractivity contribution in [3.05, 3.63) is 100 Å². The number of rotatable bonds is 4. The number of nitrogens with zero attached hydrogens (tertiary/aromatic N) is 3. The van der Waals surface area contributed by atoms with E-state index in [4.69, 9.17) is 11.6 Å². The van der Waals surface area contributed by atoms with Gasteiger partial charge in [0.1, 0.15) is 11.4 Å². The third-order valence-electron chi connectivity index (χ3n) is 4.05. The average Bonchev–Trinajstić information content (AvgIpc) is 3.37. The van der Waals surface area contributed by atoms with Gasteiger partial charge in [-0.2, -0.15) is 0 Å². The summed E-state index contributed by atoms with van der Waals surface area (Å²) in [6.07, 6.45) is 5.35. The number of anilines is 1. The number of pyridine rings is 1. The molecule has 0 unspecified atom stereocenters. The molecule has 0 fully saturated rings. The number of thiazole rings is 1. The summed E-state index contributed by atoms with van der Waals surface area (Å²) < 4.78 is 1.89. The predicted octanol–water partition coefficient (Wildman–Crippen LogP) is 4.69. The molecule has 3 heterocycles. The highest BCUT2D eigenvalue weighted by Gasteiger charge is 2.13. The number of amides is 1. The Morgan fingerprint density at radius 1 is 1.14 bits per heavy atom. The normalized spacial score (nSPS) is 10.2. The summed E-state index contributed by atoms with van der Waals surface area (Å²) in [4.78, 5) is 21.1. The number of carbonyl (C=O) groups is 1. The minimum atomic E-state index is -0.215. The lowest BCUT2D eigenvalue weighted by Gasteiger charge is -2.08. The Hall–Kier alpha value is -3.40. The molecule has 4 aromatic rings. The van der Waals surface area contributed by atoms with Gasteiger partial charge in [0.2, 0.25) is 0 Å². The minimum Gasteiger partial charge on any atom is -0.339 e. The van der Waals surface area contributed by atoms with Gasteiger partial charge in [0.15, 0.2) is 5.13 Å². The summed E-state index contributed by atoms with van der Waals surface area (Å²) >= 11 is 7.30. The van der Waals surface area contributed by atoms with E-state index in [1.54, 1.807) is 30.6 Å². The van der Waals surface area contributed by atoms with Crippen molar-refractivity contribution in [2.45, 2.75) is 6.54 Å². The van der Waals surface area contributed by atoms with Gasteiger partial charge in [0, 0.05) is 41.1 Å². The number of halogens is 1. The van der Waals surface area contributed by atoms with Gasteiger partial charge in [-0.1, -0.05) is 23.6 Å². The van der Waals surface area contributed by atoms with Crippen molar-refractivity contribution < 1.29 is 4.79 Å². The Morgan fingerprint density at radius 2 is 2.00 bits per heavy atom. The first-order valence-corrected chi connectivity index (χ1v) is 10.0. The number of aromatic nitrogens is 3. The minimum absolute atomic E-state index is 0.215. The topological polar surface area (TPSA) is 59.8 Å². The molecule has 0 saturated carbocycles. The lowest BCUT2D eigenvalue weighted by Crippen LogP contribution is -2.17. The molecular formula is C22H15ClN4OS. The lowest BCUT2D eigenvalue weighted by atomic mass is 10.2. The molecule has 1 amide bonds. The standard InChI is InChI=1S/C22H15ClN4OS/c23-18-4-1-3-16(13-18)6-7-19-15-29-22(25-19)26-21(28)20-5-2-12-27(20)14-17-8-10-24-11-9-17/h1-5,8-13,15H,14H2,(H,25,26,28). The van der Waals surface area contributed by atoms with Gasteiger partial charge in [-0.05, 0) is 53.9 Å². The Kier molecular flexibility index (Phi) is 5.71. The number of carbonyl (C=O) groups excluding carboxylic acids is 1. The van der Waals surface area contributed by atoms with Crippen molar-refractivity contribution in [2.24, 2.45) is 0 Å². The van der Waals surface area contributed by atoms with Gasteiger partial charge in [-0.25, -0.2) is 4.98 Å². The van der Waals surface area contributed by atoms with E-state index in [9.17, 15) is 4.79 Å². The number of benzene rings is 1. The van der Waals surface area contributed by atoms with Crippen molar-refractivity contribution >= 4 is 34.0 Å². The maximum atomic E-state index is 12.7. The second-order valence-corrected chi connectivity index (χ2v) is 7.42. The largest absolute Gasteiger partial charge is 0.339 e. The van der Waals surface area contributed by atoms with Crippen LogP contribution < -0.4 is 5.32 Å². The van der Waals surface area contributed by atoms with E-state index >= 15 is 0 Å². The second kappa shape index (κ2) is 8.74. The molecule has 0 spiro atoms. The zero-order valence-corrected chi connectivity index (χ0v) is 16.7. The predicted molar refractivity (Wildman–Crippen MR) is 115 cm³/mol. The van der Waals surface area contributed by atoms with Crippen LogP contribution in [-0.4, -0.2) is 20.4 Å². The molecule has 0 atom stereocenters. The van der Waals surface area contributed by atoms with E-state index < -0.39 is 0 Å². The zero-order chi connectivity index (χ0) is 20.1. The number of hydrogen-bond acceptors (Lipinski definition) is 4. The summed E-state index contributed by atoms with van der Waals surface area (Å²) in [5.74, 6) is 5.79. The van der Waals surface area contributed by atoms with E-state index in [0.717, 1.165) is 11.1 Å². The van der Waals surface area contributed by atoms with Crippen molar-refractivity contribution in [2.75, 3.05) is 5.32 Å². The Bertz CT molecular complexity index is 1200. The molecule has 0 radical (unpaired) electrons. The molecule has 3 aromatic heterocycles. The highest BCUT2D eigenvalue weighted by molar-refractivity contribution is 7.14. The van der Waals surface area contributed by atoms with E-state index in [1.807, 2.05) is 46.5 Å². The average molecular weight is 419 g/mol. The Labute approximate surface area is 177 Å². The van der Waals surface area contributed by atoms with Gasteiger partial charge in [-0.15, -0.1) is 11.3 Å². The van der Waals surface area contributed by atoms with E-state index in [2.05, 4.69) is 27.1 Å². The van der Waals surface area contributed by atoms with E-state index in [0.29, 0.717) is 28.1 Å². The van der Waals surface area contributed by atoms with Crippen molar-refractivity contribution in [1.82, 2.24) is 14.5 Å². The highest BCUT2D eigenvalue weighted by atomic mass is 35.5. The zero-order valence-electron chi connectivity index (χ0n) is 15.2. The van der Waals surface area contributed by atoms with E-state index in [1.165, 1.54) is 11.3 Å². The molecule has 4 rings (SSSR count). The highest BCUT2D eigenvalue weighted by Crippen LogP contribution is 2.17. The molecule has 142 valence electrons. The first-order chi connectivity index (χ1) is 14.2. The molecule has 1 N–H and O–H groups in total. The number of nitrogens with one attached hydrogen (secondary N) is 1. The van der Waals surface area contributed by atoms with Gasteiger partial charge in [0.05, 0.1) is 0 Å².